The lowest BCUT2D eigenvalue weighted by molar-refractivity contribution is -0.384. The second-order valence-electron chi connectivity index (χ2n) is 7.29. The largest absolute Gasteiger partial charge is 0.290 e. The summed E-state index contributed by atoms with van der Waals surface area (Å²) in [7, 11) is 0. The maximum absolute atomic E-state index is 13.3. The summed E-state index contributed by atoms with van der Waals surface area (Å²) in [5.41, 5.74) is 3.17. The molecule has 148 valence electrons. The third-order valence-electron chi connectivity index (χ3n) is 5.33. The van der Waals surface area contributed by atoms with E-state index in [-0.39, 0.29) is 17.3 Å². The van der Waals surface area contributed by atoms with Gasteiger partial charge in [0, 0.05) is 23.4 Å². The second-order valence-corrected chi connectivity index (χ2v) is 7.29. The Balaban J connectivity index is 1.84. The van der Waals surface area contributed by atoms with Crippen LogP contribution in [-0.2, 0) is 0 Å². The first-order valence-electron chi connectivity index (χ1n) is 9.74. The van der Waals surface area contributed by atoms with Crippen LogP contribution in [0.4, 0.5) is 5.69 Å². The van der Waals surface area contributed by atoms with Gasteiger partial charge in [-0.2, -0.15) is 0 Å². The SMILES string of the molecule is CC(=NC1CCCC1)c1c(-c2ccccc2)[nH]n(-c2ccc([N+](=O)[O-])cc2)c1=O. The van der Waals surface area contributed by atoms with E-state index in [0.717, 1.165) is 24.1 Å². The minimum atomic E-state index is -0.458. The zero-order chi connectivity index (χ0) is 20.4. The number of nitrogens with one attached hydrogen (secondary N) is 1. The number of benzene rings is 2. The van der Waals surface area contributed by atoms with E-state index in [1.54, 1.807) is 12.1 Å². The minimum Gasteiger partial charge on any atom is -0.290 e. The third-order valence-corrected chi connectivity index (χ3v) is 5.33. The van der Waals surface area contributed by atoms with Gasteiger partial charge in [0.25, 0.3) is 11.2 Å². The van der Waals surface area contributed by atoms with Gasteiger partial charge in [0.1, 0.15) is 0 Å². The number of non-ortho nitro benzene ring substituents is 1. The van der Waals surface area contributed by atoms with E-state index >= 15 is 0 Å². The molecule has 0 aliphatic heterocycles. The van der Waals surface area contributed by atoms with Crippen LogP contribution in [0.2, 0.25) is 0 Å². The highest BCUT2D eigenvalue weighted by molar-refractivity contribution is 6.03. The molecule has 29 heavy (non-hydrogen) atoms. The van der Waals surface area contributed by atoms with Crippen LogP contribution >= 0.6 is 0 Å². The van der Waals surface area contributed by atoms with Gasteiger partial charge in [-0.1, -0.05) is 43.2 Å². The van der Waals surface area contributed by atoms with Crippen LogP contribution in [0.3, 0.4) is 0 Å². The molecule has 7 heteroatoms. The molecule has 1 aliphatic rings. The van der Waals surface area contributed by atoms with Crippen molar-refractivity contribution in [3.05, 3.63) is 80.6 Å². The average Bonchev–Trinajstić information content (AvgIpc) is 3.36. The predicted molar refractivity (Wildman–Crippen MR) is 113 cm³/mol. The number of aliphatic imine (C=N–C) groups is 1. The van der Waals surface area contributed by atoms with E-state index in [1.807, 2.05) is 37.3 Å². The number of rotatable bonds is 5. The molecule has 1 saturated carbocycles. The summed E-state index contributed by atoms with van der Waals surface area (Å²) in [5.74, 6) is 0. The van der Waals surface area contributed by atoms with Gasteiger partial charge in [-0.3, -0.25) is 25.0 Å². The van der Waals surface area contributed by atoms with Crippen LogP contribution in [0.15, 0.2) is 64.4 Å². The van der Waals surface area contributed by atoms with Gasteiger partial charge in [0.2, 0.25) is 0 Å². The third kappa shape index (κ3) is 3.76. The van der Waals surface area contributed by atoms with Gasteiger partial charge in [0.05, 0.1) is 27.9 Å². The van der Waals surface area contributed by atoms with E-state index < -0.39 is 4.92 Å². The van der Waals surface area contributed by atoms with Gasteiger partial charge in [-0.05, 0) is 31.9 Å². The number of nitro groups is 1. The van der Waals surface area contributed by atoms with E-state index in [0.29, 0.717) is 16.9 Å². The number of aromatic amines is 1. The van der Waals surface area contributed by atoms with Gasteiger partial charge in [0.15, 0.2) is 0 Å². The summed E-state index contributed by atoms with van der Waals surface area (Å²) in [6, 6.07) is 15.8. The van der Waals surface area contributed by atoms with Crippen molar-refractivity contribution in [2.75, 3.05) is 0 Å². The molecule has 1 heterocycles. The summed E-state index contributed by atoms with van der Waals surface area (Å²) >= 11 is 0. The Labute approximate surface area is 167 Å². The normalized spacial score (nSPS) is 15.0. The van der Waals surface area contributed by atoms with E-state index in [1.165, 1.54) is 29.7 Å². The lowest BCUT2D eigenvalue weighted by Gasteiger charge is -2.06. The first-order valence-corrected chi connectivity index (χ1v) is 9.74. The fourth-order valence-corrected chi connectivity index (χ4v) is 3.86. The van der Waals surface area contributed by atoms with Crippen molar-refractivity contribution in [1.82, 2.24) is 9.78 Å². The standard InChI is InChI=1S/C22H22N4O3/c1-15(23-17-9-5-6-10-17)20-21(16-7-3-2-4-8-16)24-25(22(20)27)18-11-13-19(14-12-18)26(28)29/h2-4,7-8,11-14,17,24H,5-6,9-10H2,1H3. The summed E-state index contributed by atoms with van der Waals surface area (Å²) in [6.45, 7) is 1.88. The van der Waals surface area contributed by atoms with E-state index in [4.69, 9.17) is 4.99 Å². The molecule has 0 saturated heterocycles. The van der Waals surface area contributed by atoms with Gasteiger partial charge >= 0.3 is 0 Å². The topological polar surface area (TPSA) is 93.3 Å². The number of nitrogens with zero attached hydrogens (tertiary/aromatic N) is 3. The van der Waals surface area contributed by atoms with E-state index in [2.05, 4.69) is 5.10 Å². The smallest absolute Gasteiger partial charge is 0.280 e. The molecule has 1 N–H and O–H groups in total. The molecule has 0 radical (unpaired) electrons. The molecule has 0 bridgehead atoms. The first kappa shape index (κ1) is 18.9. The number of hydrogen-bond acceptors (Lipinski definition) is 4. The van der Waals surface area contributed by atoms with Crippen molar-refractivity contribution >= 4 is 11.4 Å². The number of H-pyrrole nitrogens is 1. The quantitative estimate of drug-likeness (QED) is 0.395. The van der Waals surface area contributed by atoms with Crippen LogP contribution < -0.4 is 5.56 Å². The van der Waals surface area contributed by atoms with Crippen molar-refractivity contribution in [3.8, 4) is 16.9 Å². The Morgan fingerprint density at radius 3 is 2.38 bits per heavy atom. The van der Waals surface area contributed by atoms with Crippen LogP contribution in [0, 0.1) is 10.1 Å². The Hall–Kier alpha value is -3.48. The molecule has 0 atom stereocenters. The highest BCUT2D eigenvalue weighted by Gasteiger charge is 2.21. The maximum atomic E-state index is 13.3. The van der Waals surface area contributed by atoms with Gasteiger partial charge in [-0.25, -0.2) is 4.68 Å². The lowest BCUT2D eigenvalue weighted by atomic mass is 10.0. The summed E-state index contributed by atoms with van der Waals surface area (Å²) in [6.07, 6.45) is 4.46. The van der Waals surface area contributed by atoms with Crippen LogP contribution in [-0.4, -0.2) is 26.5 Å². The molecule has 0 unspecified atom stereocenters. The van der Waals surface area contributed by atoms with Gasteiger partial charge < -0.3 is 0 Å². The molecule has 1 fully saturated rings. The predicted octanol–water partition coefficient (Wildman–Crippen LogP) is 4.49. The van der Waals surface area contributed by atoms with E-state index in [9.17, 15) is 14.9 Å². The van der Waals surface area contributed by atoms with Crippen molar-refractivity contribution in [2.45, 2.75) is 38.6 Å². The van der Waals surface area contributed by atoms with Crippen LogP contribution in [0.5, 0.6) is 0 Å². The van der Waals surface area contributed by atoms with Gasteiger partial charge in [-0.15, -0.1) is 0 Å². The summed E-state index contributed by atoms with van der Waals surface area (Å²) in [4.78, 5) is 28.6. The highest BCUT2D eigenvalue weighted by atomic mass is 16.6. The van der Waals surface area contributed by atoms with Crippen molar-refractivity contribution in [2.24, 2.45) is 4.99 Å². The summed E-state index contributed by atoms with van der Waals surface area (Å²) in [5, 5.41) is 14.1. The van der Waals surface area contributed by atoms with Crippen molar-refractivity contribution < 1.29 is 4.92 Å². The molecule has 3 aromatic rings. The molecule has 4 rings (SSSR count). The first-order chi connectivity index (χ1) is 14.0. The number of aromatic nitrogens is 2. The maximum Gasteiger partial charge on any atom is 0.280 e. The lowest BCUT2D eigenvalue weighted by Crippen LogP contribution is -2.20. The highest BCUT2D eigenvalue weighted by Crippen LogP contribution is 2.25. The monoisotopic (exact) mass is 390 g/mol. The van der Waals surface area contributed by atoms with Crippen molar-refractivity contribution in [3.63, 3.8) is 0 Å². The number of hydrogen-bond donors (Lipinski definition) is 1. The number of nitro benzene ring substituents is 1. The fraction of sp³-hybridized carbons (Fsp3) is 0.273. The van der Waals surface area contributed by atoms with Crippen LogP contribution in [0.25, 0.3) is 16.9 Å². The van der Waals surface area contributed by atoms with Crippen LogP contribution in [0.1, 0.15) is 38.2 Å². The van der Waals surface area contributed by atoms with Crippen molar-refractivity contribution in [1.29, 1.82) is 0 Å². The molecule has 7 nitrogen and oxygen atoms in total. The minimum absolute atomic E-state index is 0.0177. The molecular weight excluding hydrogens is 368 g/mol. The average molecular weight is 390 g/mol. The zero-order valence-corrected chi connectivity index (χ0v) is 16.2. The molecule has 1 aromatic heterocycles. The Morgan fingerprint density at radius 1 is 1.10 bits per heavy atom. The summed E-state index contributed by atoms with van der Waals surface area (Å²) < 4.78 is 1.43. The molecule has 0 amide bonds. The Kier molecular flexibility index (Phi) is 5.12. The molecule has 1 aliphatic carbocycles. The molecule has 2 aromatic carbocycles. The molecule has 0 spiro atoms. The zero-order valence-electron chi connectivity index (χ0n) is 16.2. The Morgan fingerprint density at radius 2 is 1.76 bits per heavy atom. The fourth-order valence-electron chi connectivity index (χ4n) is 3.86. The second kappa shape index (κ2) is 7.87. The molecular formula is C22H22N4O3. The Bertz CT molecular complexity index is 1110.